The average Bonchev–Trinajstić information content (AvgIpc) is 2.61. The normalized spacial score (nSPS) is 11.7. The first kappa shape index (κ1) is 19.7. The first-order valence-electron chi connectivity index (χ1n) is 8.72. The van der Waals surface area contributed by atoms with Crippen LogP contribution in [0.5, 0.6) is 0 Å². The van der Waals surface area contributed by atoms with Crippen molar-refractivity contribution in [1.82, 2.24) is 10.0 Å². The summed E-state index contributed by atoms with van der Waals surface area (Å²) in [5, 5.41) is 8.49. The van der Waals surface area contributed by atoms with Crippen molar-refractivity contribution >= 4 is 12.0 Å². The number of rotatable bonds is 6. The van der Waals surface area contributed by atoms with Gasteiger partial charge < -0.3 is 4.57 Å². The number of benzene rings is 1. The lowest BCUT2D eigenvalue weighted by Crippen LogP contribution is -2.22. The van der Waals surface area contributed by atoms with Crippen LogP contribution in [0.15, 0.2) is 53.5 Å². The molecule has 0 saturated heterocycles. The summed E-state index contributed by atoms with van der Waals surface area (Å²) in [5.41, 5.74) is 4.46. The lowest BCUT2D eigenvalue weighted by Gasteiger charge is -2.19. The summed E-state index contributed by atoms with van der Waals surface area (Å²) in [4.78, 5) is 23.4. The third-order valence-corrected chi connectivity index (χ3v) is 4.26. The van der Waals surface area contributed by atoms with Gasteiger partial charge in [0.25, 0.3) is 11.5 Å². The fourth-order valence-corrected chi connectivity index (χ4v) is 2.69. The SMILES string of the molecule is CC(C)(C)c1ccc(CCCn2cccc(/C=C/C(=O)NO)c2=O)cc1. The molecule has 1 aromatic carbocycles. The van der Waals surface area contributed by atoms with E-state index in [9.17, 15) is 9.59 Å². The summed E-state index contributed by atoms with van der Waals surface area (Å²) in [5.74, 6) is -0.668. The van der Waals surface area contributed by atoms with E-state index in [0.717, 1.165) is 18.9 Å². The van der Waals surface area contributed by atoms with Gasteiger partial charge in [0, 0.05) is 24.4 Å². The quantitative estimate of drug-likeness (QED) is 0.475. The lowest BCUT2D eigenvalue weighted by atomic mass is 9.86. The molecule has 5 nitrogen and oxygen atoms in total. The highest BCUT2D eigenvalue weighted by atomic mass is 16.5. The minimum atomic E-state index is -0.668. The van der Waals surface area contributed by atoms with E-state index in [1.165, 1.54) is 22.7 Å². The molecule has 2 aromatic rings. The molecule has 26 heavy (non-hydrogen) atoms. The molecule has 0 unspecified atom stereocenters. The Morgan fingerprint density at radius 1 is 1.19 bits per heavy atom. The van der Waals surface area contributed by atoms with Crippen molar-refractivity contribution in [2.45, 2.75) is 45.6 Å². The molecular weight excluding hydrogens is 328 g/mol. The molecule has 1 aromatic heterocycles. The van der Waals surface area contributed by atoms with Crippen LogP contribution in [0.1, 0.15) is 43.9 Å². The molecule has 0 atom stereocenters. The summed E-state index contributed by atoms with van der Waals surface area (Å²) in [6.45, 7) is 7.19. The second-order valence-corrected chi connectivity index (χ2v) is 7.32. The van der Waals surface area contributed by atoms with Crippen LogP contribution in [0.2, 0.25) is 0 Å². The number of carbonyl (C=O) groups is 1. The van der Waals surface area contributed by atoms with E-state index >= 15 is 0 Å². The molecule has 0 spiro atoms. The van der Waals surface area contributed by atoms with Crippen LogP contribution in [0.25, 0.3) is 6.08 Å². The van der Waals surface area contributed by atoms with Crippen molar-refractivity contribution in [3.63, 3.8) is 0 Å². The van der Waals surface area contributed by atoms with E-state index in [-0.39, 0.29) is 11.0 Å². The highest BCUT2D eigenvalue weighted by Crippen LogP contribution is 2.22. The van der Waals surface area contributed by atoms with Gasteiger partial charge in [0.2, 0.25) is 0 Å². The van der Waals surface area contributed by atoms with Crippen LogP contribution in [0, 0.1) is 0 Å². The summed E-state index contributed by atoms with van der Waals surface area (Å²) in [7, 11) is 0. The van der Waals surface area contributed by atoms with Gasteiger partial charge in [-0.2, -0.15) is 0 Å². The number of nitrogens with zero attached hydrogens (tertiary/aromatic N) is 1. The fraction of sp³-hybridized carbons (Fsp3) is 0.333. The molecule has 2 N–H and O–H groups in total. The van der Waals surface area contributed by atoms with E-state index in [0.29, 0.717) is 12.1 Å². The van der Waals surface area contributed by atoms with Crippen molar-refractivity contribution in [1.29, 1.82) is 0 Å². The largest absolute Gasteiger partial charge is 0.315 e. The number of amides is 1. The molecule has 138 valence electrons. The number of hydroxylamine groups is 1. The average molecular weight is 354 g/mol. The van der Waals surface area contributed by atoms with Crippen molar-refractivity contribution < 1.29 is 10.0 Å². The molecular formula is C21H26N2O3. The van der Waals surface area contributed by atoms with Crippen LogP contribution in [0.3, 0.4) is 0 Å². The first-order valence-corrected chi connectivity index (χ1v) is 8.72. The molecule has 5 heteroatoms. The van der Waals surface area contributed by atoms with Crippen LogP contribution in [0.4, 0.5) is 0 Å². The zero-order chi connectivity index (χ0) is 19.2. The monoisotopic (exact) mass is 354 g/mol. The summed E-state index contributed by atoms with van der Waals surface area (Å²) >= 11 is 0. The number of aromatic nitrogens is 1. The standard InChI is InChI=1S/C21H26N2O3/c1-21(2,3)18-11-8-16(9-12-18)6-4-14-23-15-5-7-17(20(23)25)10-13-19(24)22-26/h5,7-13,15,26H,4,6,14H2,1-3H3,(H,22,24)/b13-10+. The number of nitrogens with one attached hydrogen (secondary N) is 1. The third-order valence-electron chi connectivity index (χ3n) is 4.26. The summed E-state index contributed by atoms with van der Waals surface area (Å²) < 4.78 is 1.64. The minimum Gasteiger partial charge on any atom is -0.315 e. The van der Waals surface area contributed by atoms with Crippen molar-refractivity contribution in [2.24, 2.45) is 0 Å². The van der Waals surface area contributed by atoms with E-state index < -0.39 is 5.91 Å². The van der Waals surface area contributed by atoms with Gasteiger partial charge in [-0.15, -0.1) is 0 Å². The molecule has 1 heterocycles. The van der Waals surface area contributed by atoms with E-state index in [1.807, 2.05) is 0 Å². The van der Waals surface area contributed by atoms with E-state index in [1.54, 1.807) is 22.9 Å². The Balaban J connectivity index is 1.99. The molecule has 0 bridgehead atoms. The molecule has 0 aliphatic rings. The van der Waals surface area contributed by atoms with Crippen LogP contribution in [-0.4, -0.2) is 15.7 Å². The molecule has 0 radical (unpaired) electrons. The van der Waals surface area contributed by atoms with Gasteiger partial charge in [-0.1, -0.05) is 45.0 Å². The van der Waals surface area contributed by atoms with E-state index in [2.05, 4.69) is 45.0 Å². The predicted octanol–water partition coefficient (Wildman–Crippen LogP) is 3.30. The summed E-state index contributed by atoms with van der Waals surface area (Å²) in [6.07, 6.45) is 6.00. The lowest BCUT2D eigenvalue weighted by molar-refractivity contribution is -0.124. The van der Waals surface area contributed by atoms with Crippen molar-refractivity contribution in [3.8, 4) is 0 Å². The zero-order valence-electron chi connectivity index (χ0n) is 15.5. The molecule has 0 saturated carbocycles. The Morgan fingerprint density at radius 2 is 1.88 bits per heavy atom. The second-order valence-electron chi connectivity index (χ2n) is 7.32. The predicted molar refractivity (Wildman–Crippen MR) is 103 cm³/mol. The number of hydrogen-bond acceptors (Lipinski definition) is 3. The maximum Gasteiger partial charge on any atom is 0.267 e. The maximum atomic E-state index is 12.4. The van der Waals surface area contributed by atoms with Gasteiger partial charge in [-0.3, -0.25) is 14.8 Å². The highest BCUT2D eigenvalue weighted by Gasteiger charge is 2.12. The molecule has 2 rings (SSSR count). The third kappa shape index (κ3) is 5.43. The van der Waals surface area contributed by atoms with Gasteiger partial charge >= 0.3 is 0 Å². The van der Waals surface area contributed by atoms with Crippen molar-refractivity contribution in [2.75, 3.05) is 0 Å². The topological polar surface area (TPSA) is 71.3 Å². The number of aryl methyl sites for hydroxylation is 2. The van der Waals surface area contributed by atoms with Gasteiger partial charge in [0.05, 0.1) is 0 Å². The fourth-order valence-electron chi connectivity index (χ4n) is 2.69. The first-order chi connectivity index (χ1) is 12.3. The minimum absolute atomic E-state index is 0.146. The highest BCUT2D eigenvalue weighted by molar-refractivity contribution is 5.90. The van der Waals surface area contributed by atoms with Gasteiger partial charge in [0.1, 0.15) is 0 Å². The van der Waals surface area contributed by atoms with Crippen molar-refractivity contribution in [3.05, 3.63) is 75.7 Å². The van der Waals surface area contributed by atoms with Crippen LogP contribution < -0.4 is 11.0 Å². The van der Waals surface area contributed by atoms with Gasteiger partial charge in [0.15, 0.2) is 0 Å². The molecule has 0 fully saturated rings. The Labute approximate surface area is 153 Å². The number of pyridine rings is 1. The van der Waals surface area contributed by atoms with Gasteiger partial charge in [-0.25, -0.2) is 5.48 Å². The Hall–Kier alpha value is -2.66. The second kappa shape index (κ2) is 8.63. The number of carbonyl (C=O) groups excluding carboxylic acids is 1. The van der Waals surface area contributed by atoms with Crippen LogP contribution >= 0.6 is 0 Å². The Morgan fingerprint density at radius 3 is 2.50 bits per heavy atom. The number of hydrogen-bond donors (Lipinski definition) is 2. The van der Waals surface area contributed by atoms with E-state index in [4.69, 9.17) is 5.21 Å². The Bertz CT molecular complexity index is 828. The molecule has 0 aliphatic heterocycles. The zero-order valence-corrected chi connectivity index (χ0v) is 15.5. The maximum absolute atomic E-state index is 12.4. The summed E-state index contributed by atoms with van der Waals surface area (Å²) in [6, 6.07) is 12.0. The molecule has 1 amide bonds. The smallest absolute Gasteiger partial charge is 0.267 e. The Kier molecular flexibility index (Phi) is 6.52. The molecule has 0 aliphatic carbocycles. The van der Waals surface area contributed by atoms with Crippen LogP contribution in [-0.2, 0) is 23.2 Å². The van der Waals surface area contributed by atoms with Gasteiger partial charge in [-0.05, 0) is 47.6 Å².